The van der Waals surface area contributed by atoms with Crippen molar-refractivity contribution < 1.29 is 9.53 Å². The Morgan fingerprint density at radius 1 is 1.29 bits per heavy atom. The predicted molar refractivity (Wildman–Crippen MR) is 116 cm³/mol. The molecule has 3 atom stereocenters. The highest BCUT2D eigenvalue weighted by atomic mass is 32.2. The van der Waals surface area contributed by atoms with Gasteiger partial charge in [-0.15, -0.1) is 10.2 Å². The van der Waals surface area contributed by atoms with Gasteiger partial charge in [-0.25, -0.2) is 0 Å². The first-order chi connectivity index (χ1) is 13.5. The third-order valence-electron chi connectivity index (χ3n) is 5.25. The second kappa shape index (κ2) is 10.3. The Labute approximate surface area is 175 Å². The molecule has 2 aromatic rings. The fourth-order valence-electron chi connectivity index (χ4n) is 3.69. The summed E-state index contributed by atoms with van der Waals surface area (Å²) < 4.78 is 6.63. The molecule has 0 amide bonds. The summed E-state index contributed by atoms with van der Waals surface area (Å²) in [6.45, 7) is 7.40. The zero-order chi connectivity index (χ0) is 19.9. The molecule has 0 saturated heterocycles. The van der Waals surface area contributed by atoms with Crippen LogP contribution in [0.15, 0.2) is 34.7 Å². The molecule has 0 spiro atoms. The number of carbonyl (C=O) groups excluding carboxylic acids is 1. The molecule has 0 aliphatic heterocycles. The molecule has 1 N–H and O–H groups in total. The zero-order valence-electron chi connectivity index (χ0n) is 16.8. The summed E-state index contributed by atoms with van der Waals surface area (Å²) >= 11 is 2.87. The predicted octanol–water partition coefficient (Wildman–Crippen LogP) is 5.25. The zero-order valence-corrected chi connectivity index (χ0v) is 18.4. The van der Waals surface area contributed by atoms with Crippen LogP contribution in [0.5, 0.6) is 0 Å². The van der Waals surface area contributed by atoms with Gasteiger partial charge in [0, 0.05) is 6.54 Å². The van der Waals surface area contributed by atoms with Crippen LogP contribution in [-0.4, -0.2) is 28.0 Å². The first-order valence-electron chi connectivity index (χ1n) is 9.95. The molecule has 3 unspecified atom stereocenters. The Morgan fingerprint density at radius 3 is 2.82 bits per heavy atom. The van der Waals surface area contributed by atoms with Gasteiger partial charge in [0.25, 0.3) is 0 Å². The Morgan fingerprint density at radius 2 is 2.07 bits per heavy atom. The lowest BCUT2D eigenvalue weighted by Crippen LogP contribution is -2.36. The van der Waals surface area contributed by atoms with Crippen LogP contribution in [0, 0.1) is 17.8 Å². The lowest BCUT2D eigenvalue weighted by atomic mass is 9.75. The van der Waals surface area contributed by atoms with Crippen molar-refractivity contribution in [2.45, 2.75) is 57.0 Å². The van der Waals surface area contributed by atoms with Crippen molar-refractivity contribution in [3.63, 3.8) is 0 Å². The maximum Gasteiger partial charge on any atom is 0.316 e. The number of rotatable bonds is 8. The summed E-state index contributed by atoms with van der Waals surface area (Å²) in [6, 6.07) is 10.2. The Hall–Kier alpha value is -1.60. The molecule has 1 saturated carbocycles. The standard InChI is InChI=1S/C21H29N3O2S2/c1-14(2)17-10-9-15(3)11-18(17)26-19(25)13-27-21-24-23-20(28-21)22-12-16-7-5-4-6-8-16/h4-8,14-15,17-18H,9-13H2,1-3H3,(H,22,23). The van der Waals surface area contributed by atoms with Gasteiger partial charge >= 0.3 is 5.97 Å². The average Bonchev–Trinajstić information content (AvgIpc) is 3.13. The minimum Gasteiger partial charge on any atom is -0.461 e. The molecule has 0 radical (unpaired) electrons. The minimum atomic E-state index is -0.149. The highest BCUT2D eigenvalue weighted by molar-refractivity contribution is 8.01. The van der Waals surface area contributed by atoms with Crippen molar-refractivity contribution in [2.75, 3.05) is 11.1 Å². The molecule has 1 aromatic heterocycles. The van der Waals surface area contributed by atoms with Gasteiger partial charge in [0.15, 0.2) is 4.34 Å². The van der Waals surface area contributed by atoms with E-state index in [1.165, 1.54) is 35.1 Å². The summed E-state index contributed by atoms with van der Waals surface area (Å²) in [5, 5.41) is 12.4. The first kappa shape index (κ1) is 21.1. The number of esters is 1. The molecule has 1 aliphatic carbocycles. The van der Waals surface area contributed by atoms with Crippen LogP contribution < -0.4 is 5.32 Å². The van der Waals surface area contributed by atoms with Gasteiger partial charge < -0.3 is 10.1 Å². The van der Waals surface area contributed by atoms with Crippen LogP contribution in [-0.2, 0) is 16.1 Å². The molecule has 0 bridgehead atoms. The van der Waals surface area contributed by atoms with Crippen molar-refractivity contribution in [3.8, 4) is 0 Å². The van der Waals surface area contributed by atoms with Gasteiger partial charge in [-0.05, 0) is 36.2 Å². The Kier molecular flexibility index (Phi) is 7.73. The maximum absolute atomic E-state index is 12.4. The molecule has 1 aromatic carbocycles. The molecule has 1 aliphatic rings. The van der Waals surface area contributed by atoms with Gasteiger partial charge in [0.05, 0.1) is 5.75 Å². The van der Waals surface area contributed by atoms with E-state index in [1.807, 2.05) is 18.2 Å². The van der Waals surface area contributed by atoms with Crippen molar-refractivity contribution in [1.29, 1.82) is 0 Å². The number of thioether (sulfide) groups is 1. The summed E-state index contributed by atoms with van der Waals surface area (Å²) in [5.74, 6) is 1.77. The summed E-state index contributed by atoms with van der Waals surface area (Å²) in [4.78, 5) is 12.4. The number of nitrogens with zero attached hydrogens (tertiary/aromatic N) is 2. The number of anilines is 1. The van der Waals surface area contributed by atoms with Crippen LogP contribution in [0.25, 0.3) is 0 Å². The molecular weight excluding hydrogens is 390 g/mol. The van der Waals surface area contributed by atoms with E-state index in [0.29, 0.717) is 24.3 Å². The van der Waals surface area contributed by atoms with Crippen LogP contribution in [0.2, 0.25) is 0 Å². The number of hydrogen-bond acceptors (Lipinski definition) is 7. The number of nitrogens with one attached hydrogen (secondary N) is 1. The van der Waals surface area contributed by atoms with Crippen LogP contribution in [0.4, 0.5) is 5.13 Å². The molecule has 1 fully saturated rings. The van der Waals surface area contributed by atoms with Gasteiger partial charge in [0.2, 0.25) is 5.13 Å². The van der Waals surface area contributed by atoms with Crippen molar-refractivity contribution in [3.05, 3.63) is 35.9 Å². The topological polar surface area (TPSA) is 64.1 Å². The van der Waals surface area contributed by atoms with E-state index in [0.717, 1.165) is 22.3 Å². The third kappa shape index (κ3) is 6.21. The SMILES string of the molecule is CC1CCC(C(C)C)C(OC(=O)CSc2nnc(NCc3ccccc3)s2)C1. The first-order valence-corrected chi connectivity index (χ1v) is 11.7. The number of benzene rings is 1. The van der Waals surface area contributed by atoms with Gasteiger partial charge in [0.1, 0.15) is 6.10 Å². The van der Waals surface area contributed by atoms with Crippen molar-refractivity contribution in [1.82, 2.24) is 10.2 Å². The van der Waals surface area contributed by atoms with E-state index in [9.17, 15) is 4.79 Å². The second-order valence-corrected chi connectivity index (χ2v) is 10.1. The lowest BCUT2D eigenvalue weighted by Gasteiger charge is -2.36. The van der Waals surface area contributed by atoms with E-state index in [-0.39, 0.29) is 17.8 Å². The average molecular weight is 420 g/mol. The fourth-order valence-corrected chi connectivity index (χ4v) is 5.22. The second-order valence-electron chi connectivity index (χ2n) is 7.86. The minimum absolute atomic E-state index is 0.0503. The van der Waals surface area contributed by atoms with E-state index in [1.54, 1.807) is 0 Å². The largest absolute Gasteiger partial charge is 0.461 e. The molecular formula is C21H29N3O2S2. The monoisotopic (exact) mass is 419 g/mol. The lowest BCUT2D eigenvalue weighted by molar-refractivity contribution is -0.152. The van der Waals surface area contributed by atoms with E-state index in [2.05, 4.69) is 48.4 Å². The molecule has 152 valence electrons. The highest BCUT2D eigenvalue weighted by Gasteiger charge is 2.33. The molecule has 3 rings (SSSR count). The summed E-state index contributed by atoms with van der Waals surface area (Å²) in [7, 11) is 0. The third-order valence-corrected chi connectivity index (χ3v) is 7.24. The number of carbonyl (C=O) groups is 1. The normalized spacial score (nSPS) is 22.2. The van der Waals surface area contributed by atoms with E-state index in [4.69, 9.17) is 4.74 Å². The molecule has 1 heterocycles. The van der Waals surface area contributed by atoms with Crippen LogP contribution in [0.3, 0.4) is 0 Å². The maximum atomic E-state index is 12.4. The summed E-state index contributed by atoms with van der Waals surface area (Å²) in [6.07, 6.45) is 3.41. The Bertz CT molecular complexity index is 751. The smallest absolute Gasteiger partial charge is 0.316 e. The molecule has 7 heteroatoms. The van der Waals surface area contributed by atoms with Gasteiger partial charge in [-0.3, -0.25) is 4.79 Å². The van der Waals surface area contributed by atoms with E-state index >= 15 is 0 Å². The number of hydrogen-bond donors (Lipinski definition) is 1. The van der Waals surface area contributed by atoms with Crippen LogP contribution >= 0.6 is 23.1 Å². The van der Waals surface area contributed by atoms with E-state index < -0.39 is 0 Å². The molecule has 5 nitrogen and oxygen atoms in total. The van der Waals surface area contributed by atoms with Crippen molar-refractivity contribution in [2.24, 2.45) is 17.8 Å². The quantitative estimate of drug-likeness (QED) is 0.466. The van der Waals surface area contributed by atoms with Gasteiger partial charge in [-0.2, -0.15) is 0 Å². The molecule has 28 heavy (non-hydrogen) atoms. The number of aromatic nitrogens is 2. The highest BCUT2D eigenvalue weighted by Crippen LogP contribution is 2.35. The van der Waals surface area contributed by atoms with Crippen LogP contribution in [0.1, 0.15) is 45.6 Å². The van der Waals surface area contributed by atoms with Crippen molar-refractivity contribution >= 4 is 34.2 Å². The van der Waals surface area contributed by atoms with Gasteiger partial charge in [-0.1, -0.05) is 80.6 Å². The number of ether oxygens (including phenoxy) is 1. The Balaban J connectivity index is 1.45. The summed E-state index contributed by atoms with van der Waals surface area (Å²) in [5.41, 5.74) is 1.19. The fraction of sp³-hybridized carbons (Fsp3) is 0.571.